The molecule has 0 amide bonds. The first kappa shape index (κ1) is 13.0. The van der Waals surface area contributed by atoms with Crippen LogP contribution in [0.25, 0.3) is 0 Å². The molecule has 0 N–H and O–H groups in total. The highest BCUT2D eigenvalue weighted by Crippen LogP contribution is 2.35. The van der Waals surface area contributed by atoms with Gasteiger partial charge in [-0.25, -0.2) is 0 Å². The van der Waals surface area contributed by atoms with Gasteiger partial charge in [-0.1, -0.05) is 41.1 Å². The molecule has 1 heterocycles. The molecule has 0 bridgehead atoms. The lowest BCUT2D eigenvalue weighted by molar-refractivity contribution is 0.512. The molecule has 2 aromatic rings. The fourth-order valence-electron chi connectivity index (χ4n) is 2.95. The summed E-state index contributed by atoms with van der Waals surface area (Å²) in [5.74, 6) is 1.08. The molecule has 0 spiro atoms. The number of hydrogen-bond acceptors (Lipinski definition) is 1. The molecule has 0 radical (unpaired) electrons. The van der Waals surface area contributed by atoms with Crippen molar-refractivity contribution >= 4 is 15.9 Å². The Morgan fingerprint density at radius 2 is 1.95 bits per heavy atom. The quantitative estimate of drug-likeness (QED) is 0.708. The Labute approximate surface area is 123 Å². The van der Waals surface area contributed by atoms with Crippen molar-refractivity contribution in [2.75, 3.05) is 0 Å². The molecule has 1 aliphatic carbocycles. The van der Waals surface area contributed by atoms with Crippen LogP contribution in [-0.2, 0) is 19.3 Å². The maximum absolute atomic E-state index is 5.54. The van der Waals surface area contributed by atoms with Crippen LogP contribution in [0, 0.1) is 0 Å². The summed E-state index contributed by atoms with van der Waals surface area (Å²) in [6.07, 6.45) is 7.88. The summed E-state index contributed by atoms with van der Waals surface area (Å²) in [6, 6.07) is 9.03. The van der Waals surface area contributed by atoms with Crippen molar-refractivity contribution in [2.24, 2.45) is 0 Å². The molecule has 0 fully saturated rings. The van der Waals surface area contributed by atoms with Crippen LogP contribution in [0.5, 0.6) is 0 Å². The van der Waals surface area contributed by atoms with Gasteiger partial charge in [-0.3, -0.25) is 0 Å². The van der Waals surface area contributed by atoms with E-state index in [1.54, 1.807) is 6.26 Å². The molecule has 0 saturated heterocycles. The minimum Gasteiger partial charge on any atom is -0.469 e. The minimum absolute atomic E-state index is 0.244. The van der Waals surface area contributed by atoms with Gasteiger partial charge < -0.3 is 4.42 Å². The Morgan fingerprint density at radius 3 is 2.74 bits per heavy atom. The van der Waals surface area contributed by atoms with Gasteiger partial charge in [0.2, 0.25) is 0 Å². The number of fused-ring (bicyclic) bond motifs is 1. The molecular weight excluding hydrogens is 300 g/mol. The highest BCUT2D eigenvalue weighted by Gasteiger charge is 2.18. The van der Waals surface area contributed by atoms with E-state index >= 15 is 0 Å². The van der Waals surface area contributed by atoms with Crippen molar-refractivity contribution in [2.45, 2.75) is 43.9 Å². The summed E-state index contributed by atoms with van der Waals surface area (Å²) in [5, 5.41) is 0. The zero-order chi connectivity index (χ0) is 13.2. The molecule has 0 aliphatic heterocycles. The van der Waals surface area contributed by atoms with Crippen molar-refractivity contribution in [1.82, 2.24) is 0 Å². The number of alkyl halides is 1. The van der Waals surface area contributed by atoms with Crippen LogP contribution in [-0.4, -0.2) is 0 Å². The zero-order valence-corrected chi connectivity index (χ0v) is 12.9. The lowest BCUT2D eigenvalue weighted by Crippen LogP contribution is -2.04. The number of hydrogen-bond donors (Lipinski definition) is 0. The normalized spacial score (nSPS) is 16.1. The van der Waals surface area contributed by atoms with Gasteiger partial charge in [-0.15, -0.1) is 0 Å². The standard InChI is InChI=1S/C17H19BrO/c1-2-16-15(9-10-19-16)17(18)14-8-7-12-5-3-4-6-13(12)11-14/h7-11,17H,2-6H2,1H3. The predicted molar refractivity (Wildman–Crippen MR) is 81.9 cm³/mol. The SMILES string of the molecule is CCc1occc1C(Br)c1ccc2c(c1)CCCC2. The maximum atomic E-state index is 5.54. The van der Waals surface area contributed by atoms with E-state index in [9.17, 15) is 0 Å². The molecule has 1 atom stereocenters. The van der Waals surface area contributed by atoms with E-state index in [1.165, 1.54) is 47.9 Å². The fraction of sp³-hybridized carbons (Fsp3) is 0.412. The van der Waals surface area contributed by atoms with Crippen molar-refractivity contribution in [1.29, 1.82) is 0 Å². The van der Waals surface area contributed by atoms with Gasteiger partial charge in [0.25, 0.3) is 0 Å². The number of furan rings is 1. The maximum Gasteiger partial charge on any atom is 0.108 e. The first-order valence-electron chi connectivity index (χ1n) is 7.11. The van der Waals surface area contributed by atoms with E-state index < -0.39 is 0 Å². The number of halogens is 1. The highest BCUT2D eigenvalue weighted by molar-refractivity contribution is 9.09. The molecule has 100 valence electrons. The third-order valence-corrected chi connectivity index (χ3v) is 5.06. The van der Waals surface area contributed by atoms with Crippen LogP contribution in [0.1, 0.15) is 52.6 Å². The van der Waals surface area contributed by atoms with Crippen molar-refractivity contribution in [3.8, 4) is 0 Å². The molecule has 2 heteroatoms. The topological polar surface area (TPSA) is 13.1 Å². The average Bonchev–Trinajstić information content (AvgIpc) is 2.94. The van der Waals surface area contributed by atoms with Crippen molar-refractivity contribution in [3.63, 3.8) is 0 Å². The van der Waals surface area contributed by atoms with Gasteiger partial charge in [0.15, 0.2) is 0 Å². The second-order valence-corrected chi connectivity index (χ2v) is 6.17. The first-order valence-corrected chi connectivity index (χ1v) is 8.03. The smallest absolute Gasteiger partial charge is 0.108 e. The van der Waals surface area contributed by atoms with Gasteiger partial charge in [0.1, 0.15) is 5.76 Å². The van der Waals surface area contributed by atoms with Crippen LogP contribution in [0.4, 0.5) is 0 Å². The van der Waals surface area contributed by atoms with Gasteiger partial charge in [0.05, 0.1) is 11.1 Å². The Balaban J connectivity index is 1.93. The number of benzene rings is 1. The molecule has 1 aromatic heterocycles. The molecule has 19 heavy (non-hydrogen) atoms. The predicted octanol–water partition coefficient (Wildman–Crippen LogP) is 5.21. The molecule has 1 unspecified atom stereocenters. The Hall–Kier alpha value is -1.02. The van der Waals surface area contributed by atoms with Crippen LogP contribution in [0.2, 0.25) is 0 Å². The summed E-state index contributed by atoms with van der Waals surface area (Å²) in [6.45, 7) is 2.13. The Bertz CT molecular complexity index is 570. The molecule has 0 saturated carbocycles. The third-order valence-electron chi connectivity index (χ3n) is 4.04. The fourth-order valence-corrected chi connectivity index (χ4v) is 3.65. The van der Waals surface area contributed by atoms with E-state index in [0.29, 0.717) is 0 Å². The summed E-state index contributed by atoms with van der Waals surface area (Å²) < 4.78 is 5.54. The van der Waals surface area contributed by atoms with Crippen LogP contribution >= 0.6 is 15.9 Å². The number of rotatable bonds is 3. The molecule has 1 aliphatic rings. The molecular formula is C17H19BrO. The summed E-state index contributed by atoms with van der Waals surface area (Å²) in [4.78, 5) is 0.244. The van der Waals surface area contributed by atoms with Gasteiger partial charge in [-0.2, -0.15) is 0 Å². The molecule has 1 nitrogen and oxygen atoms in total. The summed E-state index contributed by atoms with van der Waals surface area (Å²) in [5.41, 5.74) is 5.68. The van der Waals surface area contributed by atoms with Gasteiger partial charge in [-0.05, 0) is 48.4 Å². The summed E-state index contributed by atoms with van der Waals surface area (Å²) >= 11 is 3.83. The van der Waals surface area contributed by atoms with Gasteiger partial charge in [0, 0.05) is 12.0 Å². The number of aryl methyl sites for hydroxylation is 3. The van der Waals surface area contributed by atoms with Crippen molar-refractivity contribution in [3.05, 3.63) is 58.5 Å². The summed E-state index contributed by atoms with van der Waals surface area (Å²) in [7, 11) is 0. The lowest BCUT2D eigenvalue weighted by atomic mass is 9.89. The van der Waals surface area contributed by atoms with Gasteiger partial charge >= 0.3 is 0 Å². The van der Waals surface area contributed by atoms with E-state index in [1.807, 2.05) is 0 Å². The first-order chi connectivity index (χ1) is 9.29. The molecule has 1 aromatic carbocycles. The Kier molecular flexibility index (Phi) is 3.79. The van der Waals surface area contributed by atoms with Crippen LogP contribution < -0.4 is 0 Å². The second kappa shape index (κ2) is 5.54. The highest BCUT2D eigenvalue weighted by atomic mass is 79.9. The second-order valence-electron chi connectivity index (χ2n) is 5.25. The van der Waals surface area contributed by atoms with Crippen molar-refractivity contribution < 1.29 is 4.42 Å². The van der Waals surface area contributed by atoms with Crippen LogP contribution in [0.3, 0.4) is 0 Å². The third kappa shape index (κ3) is 2.51. The van der Waals surface area contributed by atoms with E-state index in [2.05, 4.69) is 47.1 Å². The largest absolute Gasteiger partial charge is 0.469 e. The van der Waals surface area contributed by atoms with E-state index in [4.69, 9.17) is 4.42 Å². The van der Waals surface area contributed by atoms with E-state index in [0.717, 1.165) is 12.2 Å². The molecule has 3 rings (SSSR count). The lowest BCUT2D eigenvalue weighted by Gasteiger charge is -2.18. The Morgan fingerprint density at radius 1 is 1.16 bits per heavy atom. The minimum atomic E-state index is 0.244. The van der Waals surface area contributed by atoms with Crippen LogP contribution in [0.15, 0.2) is 34.9 Å². The average molecular weight is 319 g/mol. The monoisotopic (exact) mass is 318 g/mol. The van der Waals surface area contributed by atoms with E-state index in [-0.39, 0.29) is 4.83 Å². The zero-order valence-electron chi connectivity index (χ0n) is 11.3.